The maximum absolute atomic E-state index is 12.8. The first-order valence-corrected chi connectivity index (χ1v) is 4.76. The molecule has 0 saturated carbocycles. The summed E-state index contributed by atoms with van der Waals surface area (Å²) in [5.41, 5.74) is 7.42. The van der Waals surface area contributed by atoms with Crippen molar-refractivity contribution in [3.8, 4) is 0 Å². The number of aryl methyl sites for hydroxylation is 1. The Hall–Kier alpha value is -0.640. The molecule has 0 radical (unpaired) electrons. The van der Waals surface area contributed by atoms with Crippen LogP contribution < -0.4 is 5.73 Å². The zero-order valence-corrected chi connectivity index (χ0v) is 9.72. The molecular formula is C11H17ClFNO. The SMILES string of the molecule is CC[C@@H](O)[C@@H](N)c1ccc(F)cc1C.Cl. The highest BCUT2D eigenvalue weighted by Gasteiger charge is 2.16. The molecule has 0 aliphatic heterocycles. The molecule has 15 heavy (non-hydrogen) atoms. The van der Waals surface area contributed by atoms with Gasteiger partial charge < -0.3 is 10.8 Å². The quantitative estimate of drug-likeness (QED) is 0.842. The minimum atomic E-state index is -0.570. The summed E-state index contributed by atoms with van der Waals surface area (Å²) in [6, 6.07) is 4.00. The van der Waals surface area contributed by atoms with Gasteiger partial charge in [0.25, 0.3) is 0 Å². The Morgan fingerprint density at radius 3 is 2.53 bits per heavy atom. The number of hydrogen-bond donors (Lipinski definition) is 2. The number of halogens is 2. The first kappa shape index (κ1) is 14.4. The molecule has 0 saturated heterocycles. The first-order valence-electron chi connectivity index (χ1n) is 4.76. The van der Waals surface area contributed by atoms with E-state index in [1.165, 1.54) is 12.1 Å². The van der Waals surface area contributed by atoms with Crippen LogP contribution in [0.3, 0.4) is 0 Å². The van der Waals surface area contributed by atoms with Crippen LogP contribution in [0.4, 0.5) is 4.39 Å². The van der Waals surface area contributed by atoms with Gasteiger partial charge in [-0.1, -0.05) is 13.0 Å². The standard InChI is InChI=1S/C11H16FNO.ClH/c1-3-10(14)11(13)9-5-4-8(12)6-7(9)2;/h4-6,10-11,14H,3,13H2,1-2H3;1H/t10-,11+;/m1./s1. The summed E-state index contributed by atoms with van der Waals surface area (Å²) in [6.45, 7) is 3.66. The Bertz CT molecular complexity index is 319. The van der Waals surface area contributed by atoms with E-state index in [0.717, 1.165) is 11.1 Å². The minimum absolute atomic E-state index is 0. The average Bonchev–Trinajstić information content (AvgIpc) is 2.15. The monoisotopic (exact) mass is 233 g/mol. The van der Waals surface area contributed by atoms with Crippen LogP contribution in [0.15, 0.2) is 18.2 Å². The predicted octanol–water partition coefficient (Wildman–Crippen LogP) is 2.33. The van der Waals surface area contributed by atoms with E-state index in [-0.39, 0.29) is 18.2 Å². The Balaban J connectivity index is 0.00000196. The number of nitrogens with two attached hydrogens (primary N) is 1. The largest absolute Gasteiger partial charge is 0.391 e. The molecule has 1 rings (SSSR count). The highest BCUT2D eigenvalue weighted by molar-refractivity contribution is 5.85. The van der Waals surface area contributed by atoms with E-state index in [1.54, 1.807) is 13.0 Å². The van der Waals surface area contributed by atoms with Crippen LogP contribution >= 0.6 is 12.4 Å². The van der Waals surface area contributed by atoms with Crippen LogP contribution in [0, 0.1) is 12.7 Å². The topological polar surface area (TPSA) is 46.2 Å². The van der Waals surface area contributed by atoms with Crippen LogP contribution in [0.25, 0.3) is 0 Å². The summed E-state index contributed by atoms with van der Waals surface area (Å²) in [7, 11) is 0. The lowest BCUT2D eigenvalue weighted by molar-refractivity contribution is 0.140. The molecule has 4 heteroatoms. The van der Waals surface area contributed by atoms with Crippen molar-refractivity contribution >= 4 is 12.4 Å². The van der Waals surface area contributed by atoms with Gasteiger partial charge in [-0.05, 0) is 36.6 Å². The Morgan fingerprint density at radius 2 is 2.07 bits per heavy atom. The van der Waals surface area contributed by atoms with E-state index in [1.807, 2.05) is 6.92 Å². The van der Waals surface area contributed by atoms with E-state index < -0.39 is 12.1 Å². The second-order valence-corrected chi connectivity index (χ2v) is 3.50. The molecule has 0 fully saturated rings. The molecule has 0 aliphatic carbocycles. The van der Waals surface area contributed by atoms with E-state index in [2.05, 4.69) is 0 Å². The summed E-state index contributed by atoms with van der Waals surface area (Å²) in [4.78, 5) is 0. The lowest BCUT2D eigenvalue weighted by atomic mass is 9.96. The van der Waals surface area contributed by atoms with E-state index in [0.29, 0.717) is 6.42 Å². The van der Waals surface area contributed by atoms with Crippen molar-refractivity contribution in [1.82, 2.24) is 0 Å². The Labute approximate surface area is 95.7 Å². The normalized spacial score (nSPS) is 14.2. The number of aliphatic hydroxyl groups excluding tert-OH is 1. The third kappa shape index (κ3) is 3.45. The van der Waals surface area contributed by atoms with E-state index in [9.17, 15) is 9.50 Å². The zero-order chi connectivity index (χ0) is 10.7. The van der Waals surface area contributed by atoms with Gasteiger partial charge in [0.05, 0.1) is 12.1 Å². The van der Waals surface area contributed by atoms with E-state index >= 15 is 0 Å². The van der Waals surface area contributed by atoms with Crippen molar-refractivity contribution in [2.24, 2.45) is 5.73 Å². The number of rotatable bonds is 3. The molecule has 0 amide bonds. The van der Waals surface area contributed by atoms with Crippen molar-refractivity contribution in [3.63, 3.8) is 0 Å². The fraction of sp³-hybridized carbons (Fsp3) is 0.455. The molecule has 0 unspecified atom stereocenters. The summed E-state index contributed by atoms with van der Waals surface area (Å²) in [5, 5.41) is 9.55. The summed E-state index contributed by atoms with van der Waals surface area (Å²) < 4.78 is 12.8. The van der Waals surface area contributed by atoms with Gasteiger partial charge in [0.15, 0.2) is 0 Å². The third-order valence-corrected chi connectivity index (χ3v) is 2.42. The second-order valence-electron chi connectivity index (χ2n) is 3.50. The van der Waals surface area contributed by atoms with Gasteiger partial charge >= 0.3 is 0 Å². The number of aliphatic hydroxyl groups is 1. The van der Waals surface area contributed by atoms with Crippen molar-refractivity contribution in [1.29, 1.82) is 0 Å². The van der Waals surface area contributed by atoms with Gasteiger partial charge in [-0.2, -0.15) is 0 Å². The predicted molar refractivity (Wildman–Crippen MR) is 61.6 cm³/mol. The van der Waals surface area contributed by atoms with Gasteiger partial charge in [0.1, 0.15) is 5.82 Å². The first-order chi connectivity index (χ1) is 6.56. The Kier molecular flexibility index (Phi) is 5.80. The van der Waals surface area contributed by atoms with Crippen molar-refractivity contribution in [2.75, 3.05) is 0 Å². The van der Waals surface area contributed by atoms with Crippen LogP contribution in [0.2, 0.25) is 0 Å². The third-order valence-electron chi connectivity index (χ3n) is 2.42. The molecule has 0 bridgehead atoms. The highest BCUT2D eigenvalue weighted by atomic mass is 35.5. The van der Waals surface area contributed by atoms with Gasteiger partial charge in [0, 0.05) is 0 Å². The molecule has 0 heterocycles. The maximum atomic E-state index is 12.8. The molecule has 1 aromatic carbocycles. The molecule has 86 valence electrons. The van der Waals surface area contributed by atoms with Gasteiger partial charge in [0.2, 0.25) is 0 Å². The number of benzene rings is 1. The highest BCUT2D eigenvalue weighted by Crippen LogP contribution is 2.20. The van der Waals surface area contributed by atoms with Gasteiger partial charge in [-0.15, -0.1) is 12.4 Å². The molecular weight excluding hydrogens is 217 g/mol. The second kappa shape index (κ2) is 6.05. The van der Waals surface area contributed by atoms with Crippen molar-refractivity contribution < 1.29 is 9.50 Å². The van der Waals surface area contributed by atoms with Gasteiger partial charge in [-0.25, -0.2) is 4.39 Å². The van der Waals surface area contributed by atoms with Gasteiger partial charge in [-0.3, -0.25) is 0 Å². The fourth-order valence-electron chi connectivity index (χ4n) is 1.47. The van der Waals surface area contributed by atoms with Crippen LogP contribution in [-0.4, -0.2) is 11.2 Å². The fourth-order valence-corrected chi connectivity index (χ4v) is 1.47. The summed E-state index contributed by atoms with van der Waals surface area (Å²) in [5.74, 6) is -0.274. The molecule has 2 nitrogen and oxygen atoms in total. The van der Waals surface area contributed by atoms with Crippen LogP contribution in [0.1, 0.15) is 30.5 Å². The molecule has 0 spiro atoms. The zero-order valence-electron chi connectivity index (χ0n) is 8.90. The van der Waals surface area contributed by atoms with Crippen LogP contribution in [0.5, 0.6) is 0 Å². The lowest BCUT2D eigenvalue weighted by Crippen LogP contribution is -2.26. The average molecular weight is 234 g/mol. The smallest absolute Gasteiger partial charge is 0.123 e. The molecule has 2 atom stereocenters. The van der Waals surface area contributed by atoms with Crippen LogP contribution in [-0.2, 0) is 0 Å². The van der Waals surface area contributed by atoms with Crippen molar-refractivity contribution in [2.45, 2.75) is 32.4 Å². The molecule has 1 aromatic rings. The summed E-state index contributed by atoms with van der Waals surface area (Å²) >= 11 is 0. The maximum Gasteiger partial charge on any atom is 0.123 e. The molecule has 0 aromatic heterocycles. The summed E-state index contributed by atoms with van der Waals surface area (Å²) in [6.07, 6.45) is 0.0250. The lowest BCUT2D eigenvalue weighted by Gasteiger charge is -2.19. The Morgan fingerprint density at radius 1 is 1.47 bits per heavy atom. The van der Waals surface area contributed by atoms with E-state index in [4.69, 9.17) is 5.73 Å². The molecule has 0 aliphatic rings. The molecule has 3 N–H and O–H groups in total. The minimum Gasteiger partial charge on any atom is -0.391 e. The van der Waals surface area contributed by atoms with Crippen molar-refractivity contribution in [3.05, 3.63) is 35.1 Å². The number of hydrogen-bond acceptors (Lipinski definition) is 2.